The number of esters is 3. The van der Waals surface area contributed by atoms with E-state index in [2.05, 4.69) is 38.3 Å². The number of carbonyl (C=O) groups excluding carboxylic acids is 8. The number of nitrogens with one attached hydrogen (secondary N) is 2. The van der Waals surface area contributed by atoms with Gasteiger partial charge in [-0.3, -0.25) is 33.6 Å². The summed E-state index contributed by atoms with van der Waals surface area (Å²) >= 11 is 0. The Balaban J connectivity index is 1.79. The SMILES string of the molecule is CCOC(=O)C(C(=O)NCC1(C)CC(CC(=O)OC(C)COC(C)COC(C)COC(=O)NC2(C)CC(CCC(=O)C(C(C)=O)C(C)=O)CC(C)(C)C2)CC(C)(C)C1)C(=O)OCC. The third-order valence-corrected chi connectivity index (χ3v) is 11.8. The molecule has 7 atom stereocenters. The van der Waals surface area contributed by atoms with Crippen molar-refractivity contribution < 1.29 is 66.8 Å². The highest BCUT2D eigenvalue weighted by atomic mass is 16.6. The first-order valence-corrected chi connectivity index (χ1v) is 22.6. The average Bonchev–Trinajstić information content (AvgIpc) is 3.12. The van der Waals surface area contributed by atoms with E-state index >= 15 is 0 Å². The topological polar surface area (TPSA) is 216 Å². The maximum absolute atomic E-state index is 13.1. The Kier molecular flexibility index (Phi) is 21.4. The van der Waals surface area contributed by atoms with E-state index in [-0.39, 0.29) is 92.9 Å². The maximum atomic E-state index is 13.1. The van der Waals surface area contributed by atoms with Gasteiger partial charge in [-0.1, -0.05) is 34.6 Å². The lowest BCUT2D eigenvalue weighted by atomic mass is 9.60. The van der Waals surface area contributed by atoms with Crippen LogP contribution >= 0.6 is 0 Å². The molecule has 0 spiro atoms. The third kappa shape index (κ3) is 19.4. The van der Waals surface area contributed by atoms with Gasteiger partial charge in [-0.25, -0.2) is 4.79 Å². The molecule has 2 fully saturated rings. The molecular weight excluding hydrogens is 817 g/mol. The second-order valence-electron chi connectivity index (χ2n) is 20.4. The highest BCUT2D eigenvalue weighted by Crippen LogP contribution is 2.49. The average molecular weight is 895 g/mol. The number of hydrogen-bond donors (Lipinski definition) is 2. The van der Waals surface area contributed by atoms with Crippen molar-refractivity contribution in [2.75, 3.05) is 39.6 Å². The summed E-state index contributed by atoms with van der Waals surface area (Å²) < 4.78 is 32.9. The van der Waals surface area contributed by atoms with E-state index < -0.39 is 70.5 Å². The summed E-state index contributed by atoms with van der Waals surface area (Å²) in [4.78, 5) is 100. The van der Waals surface area contributed by atoms with Crippen LogP contribution in [0.25, 0.3) is 0 Å². The monoisotopic (exact) mass is 895 g/mol. The van der Waals surface area contributed by atoms with E-state index in [1.807, 2.05) is 20.8 Å². The van der Waals surface area contributed by atoms with Gasteiger partial charge in [0.05, 0.1) is 38.6 Å². The summed E-state index contributed by atoms with van der Waals surface area (Å²) in [7, 11) is 0. The number of carbonyl (C=O) groups is 8. The van der Waals surface area contributed by atoms with E-state index in [4.69, 9.17) is 28.4 Å². The van der Waals surface area contributed by atoms with Crippen LogP contribution in [0.1, 0.15) is 148 Å². The molecule has 0 aliphatic heterocycles. The van der Waals surface area contributed by atoms with Crippen molar-refractivity contribution >= 4 is 47.3 Å². The first-order valence-electron chi connectivity index (χ1n) is 22.6. The molecule has 0 aromatic carbocycles. The Bertz CT molecular complexity index is 1580. The summed E-state index contributed by atoms with van der Waals surface area (Å²) in [5, 5.41) is 5.81. The molecule has 0 saturated heterocycles. The van der Waals surface area contributed by atoms with Gasteiger partial charge >= 0.3 is 24.0 Å². The van der Waals surface area contributed by atoms with E-state index in [1.165, 1.54) is 13.8 Å². The van der Waals surface area contributed by atoms with Crippen molar-refractivity contribution in [3.05, 3.63) is 0 Å². The lowest BCUT2D eigenvalue weighted by Crippen LogP contribution is -2.53. The predicted octanol–water partition coefficient (Wildman–Crippen LogP) is 6.26. The minimum Gasteiger partial charge on any atom is -0.465 e. The minimum atomic E-state index is -1.72. The van der Waals surface area contributed by atoms with Gasteiger partial charge < -0.3 is 39.1 Å². The Labute approximate surface area is 375 Å². The van der Waals surface area contributed by atoms with Crippen molar-refractivity contribution in [2.45, 2.75) is 172 Å². The van der Waals surface area contributed by atoms with Crippen LogP contribution in [0.2, 0.25) is 0 Å². The molecule has 2 aliphatic carbocycles. The molecule has 7 unspecified atom stereocenters. The number of ketones is 3. The molecule has 63 heavy (non-hydrogen) atoms. The summed E-state index contributed by atoms with van der Waals surface area (Å²) in [6.07, 6.45) is 3.26. The molecule has 0 aromatic heterocycles. The fourth-order valence-corrected chi connectivity index (χ4v) is 10.2. The smallest absolute Gasteiger partial charge is 0.407 e. The number of rotatable bonds is 25. The van der Waals surface area contributed by atoms with Crippen LogP contribution in [-0.2, 0) is 62.0 Å². The van der Waals surface area contributed by atoms with E-state index in [0.717, 1.165) is 19.3 Å². The molecular formula is C47H78N2O14. The third-order valence-electron chi connectivity index (χ3n) is 11.8. The highest BCUT2D eigenvalue weighted by molar-refractivity contribution is 6.18. The van der Waals surface area contributed by atoms with Crippen LogP contribution in [0.15, 0.2) is 0 Å². The predicted molar refractivity (Wildman–Crippen MR) is 233 cm³/mol. The van der Waals surface area contributed by atoms with Gasteiger partial charge in [-0.05, 0) is 128 Å². The molecule has 16 nitrogen and oxygen atoms in total. The standard InChI is InChI=1S/C47H78N2O14/c1-14-58-41(55)39(42(56)59-15-2)40(54)48-28-46(12)21-35(20-44(8,9)26-46)18-37(53)63-31(5)25-61-29(3)23-60-30(4)24-62-43(57)49-47(13)22-34(19-45(10,11)27-47)16-17-36(52)38(32(6)50)33(7)51/h29-31,34-35,38-39H,14-28H2,1-13H3,(H,48,54)(H,49,57). The van der Waals surface area contributed by atoms with Crippen LogP contribution < -0.4 is 10.6 Å². The lowest BCUT2D eigenvalue weighted by molar-refractivity contribution is -0.165. The van der Waals surface area contributed by atoms with Gasteiger partial charge in [0.15, 0.2) is 5.78 Å². The summed E-state index contributed by atoms with van der Waals surface area (Å²) in [5.41, 5.74) is -1.28. The number of ether oxygens (including phenoxy) is 6. The van der Waals surface area contributed by atoms with Gasteiger partial charge in [-0.15, -0.1) is 0 Å². The van der Waals surface area contributed by atoms with Crippen LogP contribution in [0.5, 0.6) is 0 Å². The zero-order chi connectivity index (χ0) is 47.9. The van der Waals surface area contributed by atoms with Gasteiger partial charge in [0.2, 0.25) is 11.8 Å². The summed E-state index contributed by atoms with van der Waals surface area (Å²) in [6, 6.07) is 0. The zero-order valence-corrected chi connectivity index (χ0v) is 40.4. The van der Waals surface area contributed by atoms with Gasteiger partial charge in [0.1, 0.15) is 30.2 Å². The van der Waals surface area contributed by atoms with Crippen molar-refractivity contribution in [1.82, 2.24) is 10.6 Å². The second kappa shape index (κ2) is 24.4. The molecule has 0 radical (unpaired) electrons. The molecule has 16 heteroatoms. The van der Waals surface area contributed by atoms with Crippen LogP contribution in [-0.4, -0.2) is 111 Å². The second-order valence-corrected chi connectivity index (χ2v) is 20.4. The van der Waals surface area contributed by atoms with E-state index in [0.29, 0.717) is 25.7 Å². The lowest BCUT2D eigenvalue weighted by Gasteiger charge is -2.47. The van der Waals surface area contributed by atoms with Crippen LogP contribution in [0.4, 0.5) is 4.79 Å². The molecule has 2 aliphatic rings. The van der Waals surface area contributed by atoms with E-state index in [1.54, 1.807) is 27.7 Å². The molecule has 2 amide bonds. The number of amides is 2. The number of hydrogen-bond acceptors (Lipinski definition) is 14. The van der Waals surface area contributed by atoms with Crippen molar-refractivity contribution in [2.24, 2.45) is 39.9 Å². The van der Waals surface area contributed by atoms with Crippen LogP contribution in [0, 0.1) is 39.9 Å². The largest absolute Gasteiger partial charge is 0.465 e. The van der Waals surface area contributed by atoms with Gasteiger partial charge in [-0.2, -0.15) is 0 Å². The van der Waals surface area contributed by atoms with Crippen LogP contribution in [0.3, 0.4) is 0 Å². The van der Waals surface area contributed by atoms with Crippen molar-refractivity contribution in [1.29, 1.82) is 0 Å². The van der Waals surface area contributed by atoms with Crippen molar-refractivity contribution in [3.63, 3.8) is 0 Å². The van der Waals surface area contributed by atoms with Crippen molar-refractivity contribution in [3.8, 4) is 0 Å². The van der Waals surface area contributed by atoms with Gasteiger partial charge in [0.25, 0.3) is 0 Å². The molecule has 0 heterocycles. The zero-order valence-electron chi connectivity index (χ0n) is 40.4. The molecule has 360 valence electrons. The normalized spacial score (nSPS) is 24.3. The first kappa shape index (κ1) is 55.2. The highest BCUT2D eigenvalue weighted by Gasteiger charge is 2.45. The fraction of sp³-hybridized carbons (Fsp3) is 0.830. The Hall–Kier alpha value is -3.92. The summed E-state index contributed by atoms with van der Waals surface area (Å²) in [5.74, 6) is -7.14. The maximum Gasteiger partial charge on any atom is 0.407 e. The Morgan fingerprint density at radius 1 is 0.635 bits per heavy atom. The quantitative estimate of drug-likeness (QED) is 0.0588. The minimum absolute atomic E-state index is 0.00649. The van der Waals surface area contributed by atoms with Gasteiger partial charge in [0, 0.05) is 24.9 Å². The molecule has 2 rings (SSSR count). The molecule has 2 N–H and O–H groups in total. The summed E-state index contributed by atoms with van der Waals surface area (Å²) in [6.45, 7) is 24.1. The number of Topliss-reactive ketones (excluding diaryl/α,β-unsaturated/α-hetero) is 3. The number of alkyl carbamates (subject to hydrolysis) is 1. The fourth-order valence-electron chi connectivity index (χ4n) is 10.2. The molecule has 0 aromatic rings. The Morgan fingerprint density at radius 3 is 1.71 bits per heavy atom. The molecule has 0 bridgehead atoms. The Morgan fingerprint density at radius 2 is 1.16 bits per heavy atom. The molecule has 2 saturated carbocycles. The first-order chi connectivity index (χ1) is 29.1. The van der Waals surface area contributed by atoms with E-state index in [9.17, 15) is 38.4 Å².